The first-order valence-corrected chi connectivity index (χ1v) is 6.48. The number of carbonyl (C=O) groups excluding carboxylic acids is 1. The number of rotatable bonds is 7. The number of likely N-dealkylation sites (N-methyl/N-ethyl adjacent to an activating group) is 2. The van der Waals surface area contributed by atoms with Gasteiger partial charge in [0.25, 0.3) is 0 Å². The van der Waals surface area contributed by atoms with Gasteiger partial charge in [-0.25, -0.2) is 0 Å². The fourth-order valence-corrected chi connectivity index (χ4v) is 2.39. The Morgan fingerprint density at radius 3 is 2.59 bits per heavy atom. The zero-order valence-corrected chi connectivity index (χ0v) is 11.7. The highest BCUT2D eigenvalue weighted by molar-refractivity contribution is 5.80. The molecule has 17 heavy (non-hydrogen) atoms. The van der Waals surface area contributed by atoms with Crippen molar-refractivity contribution in [3.8, 4) is 0 Å². The van der Waals surface area contributed by atoms with Gasteiger partial charge in [0, 0.05) is 12.6 Å². The van der Waals surface area contributed by atoms with Crippen LogP contribution in [0, 0.1) is 5.92 Å². The smallest absolute Gasteiger partial charge is 0.327 e. The predicted molar refractivity (Wildman–Crippen MR) is 68.9 cm³/mol. The first-order chi connectivity index (χ1) is 7.94. The summed E-state index contributed by atoms with van der Waals surface area (Å²) in [6.07, 6.45) is 2.64. The quantitative estimate of drug-likeness (QED) is 0.682. The van der Waals surface area contributed by atoms with Crippen molar-refractivity contribution < 1.29 is 9.53 Å². The van der Waals surface area contributed by atoms with Crippen LogP contribution in [-0.4, -0.2) is 49.7 Å². The molecule has 0 aliphatic heterocycles. The first kappa shape index (κ1) is 14.5. The van der Waals surface area contributed by atoms with Crippen LogP contribution < -0.4 is 5.32 Å². The molecule has 0 bridgehead atoms. The van der Waals surface area contributed by atoms with Gasteiger partial charge in [0.15, 0.2) is 0 Å². The second-order valence-corrected chi connectivity index (χ2v) is 5.35. The van der Waals surface area contributed by atoms with Gasteiger partial charge in [0.1, 0.15) is 5.54 Å². The van der Waals surface area contributed by atoms with E-state index in [4.69, 9.17) is 4.74 Å². The van der Waals surface area contributed by atoms with Crippen molar-refractivity contribution in [2.45, 2.75) is 45.2 Å². The van der Waals surface area contributed by atoms with E-state index in [1.807, 2.05) is 13.8 Å². The molecule has 2 atom stereocenters. The molecule has 1 rings (SSSR count). The fourth-order valence-electron chi connectivity index (χ4n) is 2.39. The summed E-state index contributed by atoms with van der Waals surface area (Å²) in [5.41, 5.74) is -0.610. The lowest BCUT2D eigenvalue weighted by molar-refractivity contribution is -0.148. The molecule has 0 aromatic carbocycles. The van der Waals surface area contributed by atoms with E-state index in [-0.39, 0.29) is 5.97 Å². The Hall–Kier alpha value is -0.610. The van der Waals surface area contributed by atoms with Gasteiger partial charge in [0.05, 0.1) is 7.11 Å². The number of nitrogens with one attached hydrogen (secondary N) is 1. The maximum atomic E-state index is 11.9. The lowest BCUT2D eigenvalue weighted by atomic mass is 10.0. The van der Waals surface area contributed by atoms with Gasteiger partial charge in [-0.15, -0.1) is 0 Å². The van der Waals surface area contributed by atoms with Gasteiger partial charge < -0.3 is 15.0 Å². The zero-order chi connectivity index (χ0) is 13.1. The highest BCUT2D eigenvalue weighted by Crippen LogP contribution is 2.35. The molecule has 0 aromatic rings. The van der Waals surface area contributed by atoms with Crippen molar-refractivity contribution in [1.82, 2.24) is 10.2 Å². The van der Waals surface area contributed by atoms with Crippen LogP contribution in [0.25, 0.3) is 0 Å². The van der Waals surface area contributed by atoms with Gasteiger partial charge >= 0.3 is 5.97 Å². The highest BCUT2D eigenvalue weighted by Gasteiger charge is 2.38. The van der Waals surface area contributed by atoms with Crippen LogP contribution in [0.1, 0.15) is 33.6 Å². The second kappa shape index (κ2) is 5.83. The molecule has 0 amide bonds. The molecule has 1 aliphatic carbocycles. The molecule has 4 heteroatoms. The van der Waals surface area contributed by atoms with Crippen molar-refractivity contribution in [1.29, 1.82) is 0 Å². The number of esters is 1. The zero-order valence-electron chi connectivity index (χ0n) is 11.7. The topological polar surface area (TPSA) is 41.6 Å². The van der Waals surface area contributed by atoms with E-state index in [0.717, 1.165) is 12.5 Å². The van der Waals surface area contributed by atoms with E-state index < -0.39 is 5.54 Å². The Morgan fingerprint density at radius 1 is 1.59 bits per heavy atom. The van der Waals surface area contributed by atoms with E-state index in [9.17, 15) is 4.79 Å². The minimum Gasteiger partial charge on any atom is -0.468 e. The van der Waals surface area contributed by atoms with Crippen LogP contribution >= 0.6 is 0 Å². The maximum Gasteiger partial charge on any atom is 0.327 e. The number of ether oxygens (including phenoxy) is 1. The van der Waals surface area contributed by atoms with Crippen molar-refractivity contribution >= 4 is 5.97 Å². The summed E-state index contributed by atoms with van der Waals surface area (Å²) in [5, 5.41) is 3.24. The molecule has 0 heterocycles. The third kappa shape index (κ3) is 3.68. The SMILES string of the molecule is CCNC(C)(CN(C)C(C)C1CC1)C(=O)OC. The third-order valence-electron chi connectivity index (χ3n) is 3.77. The average Bonchev–Trinajstić information content (AvgIpc) is 3.10. The van der Waals surface area contributed by atoms with Crippen molar-refractivity contribution in [2.75, 3.05) is 27.2 Å². The van der Waals surface area contributed by atoms with Gasteiger partial charge in [-0.05, 0) is 46.2 Å². The van der Waals surface area contributed by atoms with Crippen LogP contribution in [0.3, 0.4) is 0 Å². The predicted octanol–water partition coefficient (Wildman–Crippen LogP) is 1.26. The summed E-state index contributed by atoms with van der Waals surface area (Å²) < 4.78 is 4.90. The minimum atomic E-state index is -0.610. The van der Waals surface area contributed by atoms with Crippen LogP contribution in [0.15, 0.2) is 0 Å². The summed E-state index contributed by atoms with van der Waals surface area (Å²) in [7, 11) is 3.53. The number of carbonyl (C=O) groups is 1. The number of hydrogen-bond donors (Lipinski definition) is 1. The van der Waals surface area contributed by atoms with Gasteiger partial charge in [-0.1, -0.05) is 6.92 Å². The molecule has 0 spiro atoms. The van der Waals surface area contributed by atoms with Crippen LogP contribution in [0.5, 0.6) is 0 Å². The highest BCUT2D eigenvalue weighted by atomic mass is 16.5. The molecule has 2 unspecified atom stereocenters. The molecular formula is C13H26N2O2. The summed E-state index contributed by atoms with van der Waals surface area (Å²) in [6, 6.07) is 0.539. The maximum absolute atomic E-state index is 11.9. The molecule has 1 N–H and O–H groups in total. The Balaban J connectivity index is 2.61. The molecule has 1 aliphatic rings. The van der Waals surface area contributed by atoms with E-state index in [2.05, 4.69) is 24.2 Å². The van der Waals surface area contributed by atoms with E-state index in [0.29, 0.717) is 12.6 Å². The largest absolute Gasteiger partial charge is 0.468 e. The lowest BCUT2D eigenvalue weighted by Gasteiger charge is -2.35. The monoisotopic (exact) mass is 242 g/mol. The Morgan fingerprint density at radius 2 is 2.18 bits per heavy atom. The van der Waals surface area contributed by atoms with Crippen LogP contribution in [-0.2, 0) is 9.53 Å². The van der Waals surface area contributed by atoms with Crippen LogP contribution in [0.4, 0.5) is 0 Å². The molecule has 0 radical (unpaired) electrons. The van der Waals surface area contributed by atoms with Gasteiger partial charge in [0.2, 0.25) is 0 Å². The molecule has 0 saturated heterocycles. The van der Waals surface area contributed by atoms with E-state index >= 15 is 0 Å². The molecular weight excluding hydrogens is 216 g/mol. The van der Waals surface area contributed by atoms with Crippen molar-refractivity contribution in [2.24, 2.45) is 5.92 Å². The number of hydrogen-bond acceptors (Lipinski definition) is 4. The molecule has 0 aromatic heterocycles. The Kier molecular flexibility index (Phi) is 4.95. The number of nitrogens with zero attached hydrogens (tertiary/aromatic N) is 1. The Labute approximate surface area is 105 Å². The second-order valence-electron chi connectivity index (χ2n) is 5.35. The molecule has 100 valence electrons. The van der Waals surface area contributed by atoms with Gasteiger partial charge in [-0.3, -0.25) is 4.79 Å². The lowest BCUT2D eigenvalue weighted by Crippen LogP contribution is -2.58. The number of methoxy groups -OCH3 is 1. The van der Waals surface area contributed by atoms with Crippen molar-refractivity contribution in [3.63, 3.8) is 0 Å². The van der Waals surface area contributed by atoms with Crippen LogP contribution in [0.2, 0.25) is 0 Å². The summed E-state index contributed by atoms with van der Waals surface area (Å²) in [4.78, 5) is 14.1. The normalized spacial score (nSPS) is 21.1. The standard InChI is InChI=1S/C13H26N2O2/c1-6-14-13(3,12(16)17-5)9-15(4)10(2)11-7-8-11/h10-11,14H,6-9H2,1-5H3. The Bertz CT molecular complexity index is 266. The molecule has 1 saturated carbocycles. The summed E-state index contributed by atoms with van der Waals surface area (Å²) in [5.74, 6) is 0.623. The summed E-state index contributed by atoms with van der Waals surface area (Å²) >= 11 is 0. The first-order valence-electron chi connectivity index (χ1n) is 6.48. The summed E-state index contributed by atoms with van der Waals surface area (Å²) in [6.45, 7) is 7.60. The van der Waals surface area contributed by atoms with E-state index in [1.54, 1.807) is 0 Å². The van der Waals surface area contributed by atoms with Crippen molar-refractivity contribution in [3.05, 3.63) is 0 Å². The van der Waals surface area contributed by atoms with Gasteiger partial charge in [-0.2, -0.15) is 0 Å². The molecule has 4 nitrogen and oxygen atoms in total. The minimum absolute atomic E-state index is 0.186. The third-order valence-corrected chi connectivity index (χ3v) is 3.77. The molecule has 1 fully saturated rings. The van der Waals surface area contributed by atoms with E-state index in [1.165, 1.54) is 20.0 Å². The fraction of sp³-hybridized carbons (Fsp3) is 0.923. The average molecular weight is 242 g/mol.